The standard InChI is InChI=1S/C24H29N3O3S2/c1-2-3-11-30-20-9-7-19(8-10-20)25-22(28)16-32-24(31)26-13-17-12-18(15-26)21-5-4-6-23(29)27(21)14-17/h4-10,17-18H,2-3,11-16H2,1H3,(H,25,28)/t17-,18-/m0/s1. The Morgan fingerprint density at radius 3 is 2.78 bits per heavy atom. The van der Waals surface area contributed by atoms with Crippen molar-refractivity contribution in [3.63, 3.8) is 0 Å². The molecule has 2 aromatic rings. The molecule has 3 heterocycles. The molecule has 0 radical (unpaired) electrons. The van der Waals surface area contributed by atoms with Gasteiger partial charge in [-0.1, -0.05) is 43.4 Å². The van der Waals surface area contributed by atoms with Crippen LogP contribution in [-0.2, 0) is 11.3 Å². The number of benzene rings is 1. The number of rotatable bonds is 7. The van der Waals surface area contributed by atoms with Crippen molar-refractivity contribution in [2.45, 2.75) is 38.6 Å². The van der Waals surface area contributed by atoms with E-state index in [0.29, 0.717) is 18.4 Å². The summed E-state index contributed by atoms with van der Waals surface area (Å²) in [4.78, 5) is 26.8. The van der Waals surface area contributed by atoms with E-state index < -0.39 is 0 Å². The van der Waals surface area contributed by atoms with Gasteiger partial charge in [0.25, 0.3) is 5.56 Å². The van der Waals surface area contributed by atoms with Gasteiger partial charge in [-0.3, -0.25) is 9.59 Å². The topological polar surface area (TPSA) is 63.6 Å². The quantitative estimate of drug-likeness (QED) is 0.485. The summed E-state index contributed by atoms with van der Waals surface area (Å²) in [5, 5.41) is 2.92. The normalized spacial score (nSPS) is 19.2. The van der Waals surface area contributed by atoms with Crippen molar-refractivity contribution < 1.29 is 9.53 Å². The summed E-state index contributed by atoms with van der Waals surface area (Å²) in [5.41, 5.74) is 1.94. The molecule has 1 aromatic carbocycles. The van der Waals surface area contributed by atoms with Crippen molar-refractivity contribution in [3.8, 4) is 5.75 Å². The van der Waals surface area contributed by atoms with Gasteiger partial charge < -0.3 is 19.5 Å². The van der Waals surface area contributed by atoms with E-state index in [1.54, 1.807) is 6.07 Å². The van der Waals surface area contributed by atoms with Gasteiger partial charge in [0.05, 0.1) is 12.4 Å². The monoisotopic (exact) mass is 471 g/mol. The van der Waals surface area contributed by atoms with Gasteiger partial charge in [-0.05, 0) is 49.1 Å². The van der Waals surface area contributed by atoms with Crippen LogP contribution in [0.3, 0.4) is 0 Å². The third kappa shape index (κ3) is 5.53. The fourth-order valence-corrected chi connectivity index (χ4v) is 5.41. The number of anilines is 1. The van der Waals surface area contributed by atoms with Gasteiger partial charge >= 0.3 is 0 Å². The van der Waals surface area contributed by atoms with E-state index in [0.717, 1.165) is 60.3 Å². The Bertz CT molecular complexity index is 1020. The number of hydrogen-bond acceptors (Lipinski definition) is 5. The molecule has 170 valence electrons. The van der Waals surface area contributed by atoms with Gasteiger partial charge in [0.15, 0.2) is 0 Å². The van der Waals surface area contributed by atoms with Crippen LogP contribution in [0, 0.1) is 5.92 Å². The van der Waals surface area contributed by atoms with Crippen LogP contribution in [0.25, 0.3) is 0 Å². The second-order valence-corrected chi connectivity index (χ2v) is 10.0. The third-order valence-electron chi connectivity index (χ3n) is 5.97. The number of fused-ring (bicyclic) bond motifs is 4. The van der Waals surface area contributed by atoms with Crippen LogP contribution in [0.4, 0.5) is 5.69 Å². The molecule has 0 unspecified atom stereocenters. The fourth-order valence-electron chi connectivity index (χ4n) is 4.43. The SMILES string of the molecule is CCCCOc1ccc(NC(=O)CSC(=S)N2C[C@@H]3C[C@@H](C2)c2cccc(=O)n2C3)cc1. The predicted octanol–water partition coefficient (Wildman–Crippen LogP) is 4.10. The smallest absolute Gasteiger partial charge is 0.250 e. The summed E-state index contributed by atoms with van der Waals surface area (Å²) in [6.45, 7) is 5.21. The molecule has 0 spiro atoms. The first-order chi connectivity index (χ1) is 15.5. The first kappa shape index (κ1) is 22.9. The Kier molecular flexibility index (Phi) is 7.52. The summed E-state index contributed by atoms with van der Waals surface area (Å²) in [6, 6.07) is 13.0. The molecule has 2 aliphatic heterocycles. The number of pyridine rings is 1. The van der Waals surface area contributed by atoms with Crippen LogP contribution in [-0.4, -0.2) is 45.1 Å². The number of hydrogen-bond donors (Lipinski definition) is 1. The molecule has 0 aliphatic carbocycles. The molecular formula is C24H29N3O3S2. The van der Waals surface area contributed by atoms with Crippen LogP contribution in [0.15, 0.2) is 47.3 Å². The number of thiocarbonyl (C=S) groups is 1. The van der Waals surface area contributed by atoms with Gasteiger partial charge in [-0.15, -0.1) is 0 Å². The Hall–Kier alpha value is -2.32. The van der Waals surface area contributed by atoms with Crippen molar-refractivity contribution in [3.05, 3.63) is 58.5 Å². The number of piperidine rings is 1. The number of aromatic nitrogens is 1. The number of amides is 1. The molecule has 2 aliphatic rings. The number of carbonyl (C=O) groups is 1. The molecule has 1 amide bonds. The highest BCUT2D eigenvalue weighted by Crippen LogP contribution is 2.36. The minimum absolute atomic E-state index is 0.0777. The highest BCUT2D eigenvalue weighted by Gasteiger charge is 2.35. The average Bonchev–Trinajstić information content (AvgIpc) is 2.79. The zero-order valence-corrected chi connectivity index (χ0v) is 19.9. The van der Waals surface area contributed by atoms with Crippen LogP contribution in [0.2, 0.25) is 0 Å². The zero-order valence-electron chi connectivity index (χ0n) is 18.3. The number of nitrogens with one attached hydrogen (secondary N) is 1. The molecule has 32 heavy (non-hydrogen) atoms. The van der Waals surface area contributed by atoms with Crippen molar-refractivity contribution >= 4 is 39.9 Å². The maximum absolute atomic E-state index is 12.4. The van der Waals surface area contributed by atoms with Gasteiger partial charge in [-0.25, -0.2) is 0 Å². The summed E-state index contributed by atoms with van der Waals surface area (Å²) < 4.78 is 8.32. The zero-order chi connectivity index (χ0) is 22.5. The molecular weight excluding hydrogens is 442 g/mol. The molecule has 2 atom stereocenters. The Morgan fingerprint density at radius 1 is 1.19 bits per heavy atom. The molecule has 0 saturated carbocycles. The third-order valence-corrected chi connectivity index (χ3v) is 7.49. The minimum Gasteiger partial charge on any atom is -0.494 e. The number of nitrogens with zero attached hydrogens (tertiary/aromatic N) is 2. The number of likely N-dealkylation sites (tertiary alicyclic amines) is 1. The van der Waals surface area contributed by atoms with Crippen molar-refractivity contribution in [2.24, 2.45) is 5.92 Å². The van der Waals surface area contributed by atoms with E-state index in [-0.39, 0.29) is 17.2 Å². The first-order valence-corrected chi connectivity index (χ1v) is 12.6. The lowest BCUT2D eigenvalue weighted by Crippen LogP contribution is -2.48. The summed E-state index contributed by atoms with van der Waals surface area (Å²) in [7, 11) is 0. The molecule has 4 rings (SSSR count). The Morgan fingerprint density at radius 2 is 2.00 bits per heavy atom. The van der Waals surface area contributed by atoms with E-state index in [1.165, 1.54) is 11.8 Å². The van der Waals surface area contributed by atoms with Crippen LogP contribution in [0.5, 0.6) is 5.75 Å². The van der Waals surface area contributed by atoms with Gasteiger partial charge in [-0.2, -0.15) is 0 Å². The molecule has 1 saturated heterocycles. The lowest BCUT2D eigenvalue weighted by molar-refractivity contribution is -0.113. The summed E-state index contributed by atoms with van der Waals surface area (Å²) in [5.74, 6) is 1.72. The lowest BCUT2D eigenvalue weighted by atomic mass is 9.83. The molecule has 1 fully saturated rings. The minimum atomic E-state index is -0.0777. The van der Waals surface area contributed by atoms with E-state index in [1.807, 2.05) is 34.9 Å². The molecule has 6 nitrogen and oxygen atoms in total. The van der Waals surface area contributed by atoms with Gasteiger partial charge in [0.1, 0.15) is 10.1 Å². The molecule has 1 N–H and O–H groups in total. The van der Waals surface area contributed by atoms with E-state index in [4.69, 9.17) is 17.0 Å². The van der Waals surface area contributed by atoms with Gasteiger partial charge in [0.2, 0.25) is 5.91 Å². The highest BCUT2D eigenvalue weighted by molar-refractivity contribution is 8.23. The summed E-state index contributed by atoms with van der Waals surface area (Å²) >= 11 is 7.05. The van der Waals surface area contributed by atoms with Crippen LogP contribution >= 0.6 is 24.0 Å². The largest absolute Gasteiger partial charge is 0.494 e. The number of thioether (sulfide) groups is 1. The van der Waals surface area contributed by atoms with E-state index in [9.17, 15) is 9.59 Å². The molecule has 1 aromatic heterocycles. The predicted molar refractivity (Wildman–Crippen MR) is 134 cm³/mol. The molecule has 2 bridgehead atoms. The Balaban J connectivity index is 1.26. The number of carbonyl (C=O) groups excluding carboxylic acids is 1. The Labute approximate surface area is 198 Å². The number of unbranched alkanes of at least 4 members (excludes halogenated alkanes) is 1. The second-order valence-electron chi connectivity index (χ2n) is 8.43. The highest BCUT2D eigenvalue weighted by atomic mass is 32.2. The van der Waals surface area contributed by atoms with Crippen molar-refractivity contribution in [1.82, 2.24) is 9.47 Å². The lowest BCUT2D eigenvalue weighted by Gasteiger charge is -2.43. The fraction of sp³-hybridized carbons (Fsp3) is 0.458. The molecule has 8 heteroatoms. The van der Waals surface area contributed by atoms with Crippen molar-refractivity contribution in [1.29, 1.82) is 0 Å². The van der Waals surface area contributed by atoms with Crippen molar-refractivity contribution in [2.75, 3.05) is 30.8 Å². The summed E-state index contributed by atoms with van der Waals surface area (Å²) in [6.07, 6.45) is 3.21. The first-order valence-electron chi connectivity index (χ1n) is 11.2. The maximum Gasteiger partial charge on any atom is 0.250 e. The average molecular weight is 472 g/mol. The van der Waals surface area contributed by atoms with E-state index in [2.05, 4.69) is 23.2 Å². The van der Waals surface area contributed by atoms with Crippen LogP contribution in [0.1, 0.15) is 37.8 Å². The second kappa shape index (κ2) is 10.5. The van der Waals surface area contributed by atoms with E-state index >= 15 is 0 Å². The maximum atomic E-state index is 12.4. The number of ether oxygens (including phenoxy) is 1. The van der Waals surface area contributed by atoms with Gasteiger partial charge in [0, 0.05) is 43.0 Å². The van der Waals surface area contributed by atoms with Crippen LogP contribution < -0.4 is 15.6 Å².